The maximum absolute atomic E-state index is 12.4. The number of piperazine rings is 1. The van der Waals surface area contributed by atoms with Gasteiger partial charge in [-0.3, -0.25) is 0 Å². The largest absolute Gasteiger partial charge is 0.388 e. The van der Waals surface area contributed by atoms with Crippen LogP contribution in [0.15, 0.2) is 47.2 Å². The molecule has 3 rings (SSSR count). The van der Waals surface area contributed by atoms with E-state index in [-0.39, 0.29) is 5.75 Å². The molecule has 0 aliphatic carbocycles. The normalized spacial score (nSPS) is 18.3. The van der Waals surface area contributed by atoms with Gasteiger partial charge in [0.25, 0.3) is 0 Å². The lowest BCUT2D eigenvalue weighted by molar-refractivity contribution is 0.125. The number of sulfonamides is 1. The van der Waals surface area contributed by atoms with E-state index in [0.29, 0.717) is 38.3 Å². The molecule has 2 aromatic rings. The molecule has 0 saturated carbocycles. The maximum Gasteiger partial charge on any atom is 0.220 e. The average Bonchev–Trinajstić information content (AvgIpc) is 3.13. The summed E-state index contributed by atoms with van der Waals surface area (Å²) in [4.78, 5) is 2.19. The van der Waals surface area contributed by atoms with Crippen molar-refractivity contribution in [2.45, 2.75) is 18.3 Å². The minimum atomic E-state index is -3.37. The Labute approximate surface area is 147 Å². The Morgan fingerprint density at radius 3 is 2.48 bits per heavy atom. The molecule has 0 bridgehead atoms. The molecule has 1 saturated heterocycles. The summed E-state index contributed by atoms with van der Waals surface area (Å²) >= 11 is 0. The van der Waals surface area contributed by atoms with Crippen molar-refractivity contribution in [3.05, 3.63) is 53.9 Å². The van der Waals surface area contributed by atoms with Gasteiger partial charge >= 0.3 is 0 Å². The van der Waals surface area contributed by atoms with Crippen molar-refractivity contribution >= 4 is 10.0 Å². The summed E-state index contributed by atoms with van der Waals surface area (Å²) in [5, 5.41) is 13.9. The SMILES string of the molecule is O=S(=O)(Cc1ccon1)N1CCN(CC[C@H](O)c2ccccc2)CC1. The second-order valence-corrected chi connectivity index (χ2v) is 8.17. The number of nitrogens with zero attached hydrogens (tertiary/aromatic N) is 3. The molecular formula is C17H23N3O4S. The van der Waals surface area contributed by atoms with E-state index >= 15 is 0 Å². The summed E-state index contributed by atoms with van der Waals surface area (Å²) in [5.74, 6) is -0.129. The van der Waals surface area contributed by atoms with Gasteiger partial charge in [-0.15, -0.1) is 0 Å². The predicted octanol–water partition coefficient (Wildman–Crippen LogP) is 1.25. The summed E-state index contributed by atoms with van der Waals surface area (Å²) in [5.41, 5.74) is 1.34. The van der Waals surface area contributed by atoms with Gasteiger partial charge in [0.1, 0.15) is 12.0 Å². The molecule has 0 spiro atoms. The van der Waals surface area contributed by atoms with Crippen LogP contribution in [0.1, 0.15) is 23.8 Å². The summed E-state index contributed by atoms with van der Waals surface area (Å²) < 4.78 is 31.0. The molecule has 0 amide bonds. The number of benzene rings is 1. The van der Waals surface area contributed by atoms with E-state index in [1.54, 1.807) is 6.07 Å². The Morgan fingerprint density at radius 1 is 1.12 bits per heavy atom. The molecular weight excluding hydrogens is 342 g/mol. The molecule has 1 aliphatic rings. The molecule has 0 unspecified atom stereocenters. The second kappa shape index (κ2) is 8.09. The third-order valence-corrected chi connectivity index (χ3v) is 6.26. The zero-order valence-corrected chi connectivity index (χ0v) is 14.8. The molecule has 1 aromatic heterocycles. The Morgan fingerprint density at radius 2 is 1.84 bits per heavy atom. The smallest absolute Gasteiger partial charge is 0.220 e. The number of aliphatic hydroxyl groups is 1. The van der Waals surface area contributed by atoms with Crippen molar-refractivity contribution in [1.29, 1.82) is 0 Å². The highest BCUT2D eigenvalue weighted by molar-refractivity contribution is 7.88. The third kappa shape index (κ3) is 4.88. The molecule has 1 aromatic carbocycles. The van der Waals surface area contributed by atoms with Crippen LogP contribution in [0.2, 0.25) is 0 Å². The quantitative estimate of drug-likeness (QED) is 0.795. The zero-order valence-electron chi connectivity index (χ0n) is 14.0. The highest BCUT2D eigenvalue weighted by atomic mass is 32.2. The number of hydrogen-bond donors (Lipinski definition) is 1. The van der Waals surface area contributed by atoms with Gasteiger partial charge in [-0.25, -0.2) is 8.42 Å². The van der Waals surface area contributed by atoms with Crippen LogP contribution in [0.25, 0.3) is 0 Å². The predicted molar refractivity (Wildman–Crippen MR) is 93.2 cm³/mol. The lowest BCUT2D eigenvalue weighted by atomic mass is 10.1. The lowest BCUT2D eigenvalue weighted by Crippen LogP contribution is -2.49. The Balaban J connectivity index is 1.45. The summed E-state index contributed by atoms with van der Waals surface area (Å²) in [6, 6.07) is 11.2. The topological polar surface area (TPSA) is 86.9 Å². The van der Waals surface area contributed by atoms with Crippen molar-refractivity contribution in [1.82, 2.24) is 14.4 Å². The van der Waals surface area contributed by atoms with E-state index in [1.807, 2.05) is 30.3 Å². The van der Waals surface area contributed by atoms with E-state index in [2.05, 4.69) is 10.1 Å². The molecule has 0 radical (unpaired) electrons. The van der Waals surface area contributed by atoms with Crippen LogP contribution in [-0.2, 0) is 15.8 Å². The fourth-order valence-corrected chi connectivity index (χ4v) is 4.39. The van der Waals surface area contributed by atoms with Crippen molar-refractivity contribution in [3.8, 4) is 0 Å². The highest BCUT2D eigenvalue weighted by Crippen LogP contribution is 2.18. The first-order valence-corrected chi connectivity index (χ1v) is 9.98. The fraction of sp³-hybridized carbons (Fsp3) is 0.471. The molecule has 7 nitrogen and oxygen atoms in total. The van der Waals surface area contributed by atoms with Crippen LogP contribution < -0.4 is 0 Å². The maximum atomic E-state index is 12.4. The van der Waals surface area contributed by atoms with E-state index in [4.69, 9.17) is 4.52 Å². The van der Waals surface area contributed by atoms with E-state index in [1.165, 1.54) is 10.6 Å². The summed E-state index contributed by atoms with van der Waals surface area (Å²) in [7, 11) is -3.37. The number of aromatic nitrogens is 1. The molecule has 8 heteroatoms. The summed E-state index contributed by atoms with van der Waals surface area (Å²) in [6.45, 7) is 3.00. The van der Waals surface area contributed by atoms with Crippen LogP contribution in [0.4, 0.5) is 0 Å². The van der Waals surface area contributed by atoms with Gasteiger partial charge < -0.3 is 14.5 Å². The van der Waals surface area contributed by atoms with Gasteiger partial charge in [0.05, 0.1) is 11.8 Å². The lowest BCUT2D eigenvalue weighted by Gasteiger charge is -2.34. The number of aliphatic hydroxyl groups excluding tert-OH is 1. The van der Waals surface area contributed by atoms with Gasteiger partial charge in [-0.1, -0.05) is 35.5 Å². The number of rotatable bonds is 7. The van der Waals surface area contributed by atoms with Crippen LogP contribution in [0, 0.1) is 0 Å². The molecule has 2 heterocycles. The average molecular weight is 365 g/mol. The summed E-state index contributed by atoms with van der Waals surface area (Å²) in [6.07, 6.45) is 1.52. The van der Waals surface area contributed by atoms with Gasteiger partial charge in [0, 0.05) is 38.8 Å². The van der Waals surface area contributed by atoms with E-state index in [9.17, 15) is 13.5 Å². The van der Waals surface area contributed by atoms with Gasteiger partial charge in [-0.05, 0) is 12.0 Å². The Kier molecular flexibility index (Phi) is 5.85. The highest BCUT2D eigenvalue weighted by Gasteiger charge is 2.28. The standard InChI is InChI=1S/C17H23N3O4S/c21-17(15-4-2-1-3-5-15)6-8-19-9-11-20(12-10-19)25(22,23)14-16-7-13-24-18-16/h1-5,7,13,17,21H,6,8-12,14H2/t17-/m0/s1. The molecule has 136 valence electrons. The van der Waals surface area contributed by atoms with Gasteiger partial charge in [0.2, 0.25) is 10.0 Å². The van der Waals surface area contributed by atoms with Crippen molar-refractivity contribution in [2.75, 3.05) is 32.7 Å². The third-order valence-electron chi connectivity index (χ3n) is 4.45. The molecule has 1 fully saturated rings. The number of hydrogen-bond acceptors (Lipinski definition) is 6. The molecule has 1 atom stereocenters. The first kappa shape index (κ1) is 18.1. The van der Waals surface area contributed by atoms with Crippen molar-refractivity contribution in [3.63, 3.8) is 0 Å². The van der Waals surface area contributed by atoms with Crippen molar-refractivity contribution in [2.24, 2.45) is 0 Å². The van der Waals surface area contributed by atoms with E-state index < -0.39 is 16.1 Å². The van der Waals surface area contributed by atoms with Crippen LogP contribution >= 0.6 is 0 Å². The Bertz CT molecular complexity index is 741. The van der Waals surface area contributed by atoms with Crippen LogP contribution in [-0.4, -0.2) is 60.6 Å². The zero-order chi connectivity index (χ0) is 17.7. The van der Waals surface area contributed by atoms with Crippen molar-refractivity contribution < 1.29 is 18.0 Å². The molecule has 25 heavy (non-hydrogen) atoms. The van der Waals surface area contributed by atoms with Crippen LogP contribution in [0.5, 0.6) is 0 Å². The second-order valence-electron chi connectivity index (χ2n) is 6.20. The fourth-order valence-electron chi connectivity index (χ4n) is 2.97. The first-order valence-electron chi connectivity index (χ1n) is 8.37. The van der Waals surface area contributed by atoms with E-state index in [0.717, 1.165) is 12.1 Å². The Hall–Kier alpha value is -1.74. The van der Waals surface area contributed by atoms with Gasteiger partial charge in [-0.2, -0.15) is 4.31 Å². The minimum absolute atomic E-state index is 0.129. The molecule has 1 N–H and O–H groups in total. The molecule has 1 aliphatic heterocycles. The van der Waals surface area contributed by atoms with Gasteiger partial charge in [0.15, 0.2) is 0 Å². The first-order chi connectivity index (χ1) is 12.0. The monoisotopic (exact) mass is 365 g/mol. The van der Waals surface area contributed by atoms with Crippen LogP contribution in [0.3, 0.4) is 0 Å². The minimum Gasteiger partial charge on any atom is -0.388 e.